The van der Waals surface area contributed by atoms with Crippen LogP contribution in [0.2, 0.25) is 0 Å². The number of rotatable bonds is 6. The molecule has 0 radical (unpaired) electrons. The largest absolute Gasteiger partial charge is 0.484 e. The number of esters is 2. The molecular formula is C30H36BBr2IO6. The van der Waals surface area contributed by atoms with Gasteiger partial charge in [-0.2, -0.15) is 0 Å². The topological polar surface area (TPSA) is 93.1 Å². The van der Waals surface area contributed by atoms with Gasteiger partial charge in [-0.15, -0.1) is 0 Å². The van der Waals surface area contributed by atoms with Gasteiger partial charge in [-0.1, -0.05) is 50.1 Å². The van der Waals surface area contributed by atoms with Crippen molar-refractivity contribution in [1.82, 2.24) is 0 Å². The number of hydrogen-bond acceptors (Lipinski definition) is 6. The summed E-state index contributed by atoms with van der Waals surface area (Å²) in [7, 11) is -1.25. The Hall–Kier alpha value is -1.47. The number of ether oxygens (including phenoxy) is 2. The number of carbonyl (C=O) groups is 2. The van der Waals surface area contributed by atoms with Gasteiger partial charge >= 0.3 is 19.1 Å². The Kier molecular flexibility index (Phi) is 15.2. The van der Waals surface area contributed by atoms with E-state index in [1.165, 1.54) is 16.5 Å². The van der Waals surface area contributed by atoms with Crippen LogP contribution in [-0.2, 0) is 9.47 Å². The molecule has 4 rings (SSSR count). The maximum absolute atomic E-state index is 11.9. The first-order chi connectivity index (χ1) is 19.0. The van der Waals surface area contributed by atoms with E-state index < -0.39 is 7.12 Å². The van der Waals surface area contributed by atoms with Gasteiger partial charge in [-0.25, -0.2) is 9.59 Å². The van der Waals surface area contributed by atoms with Gasteiger partial charge in [0.25, 0.3) is 0 Å². The van der Waals surface area contributed by atoms with E-state index in [0.29, 0.717) is 24.3 Å². The molecule has 2 aliphatic carbocycles. The predicted octanol–water partition coefficient (Wildman–Crippen LogP) is 8.07. The summed E-state index contributed by atoms with van der Waals surface area (Å²) in [5.41, 5.74) is 6.46. The third-order valence-corrected chi connectivity index (χ3v) is 8.88. The van der Waals surface area contributed by atoms with Gasteiger partial charge in [0.2, 0.25) is 0 Å². The zero-order valence-corrected chi connectivity index (χ0v) is 28.7. The van der Waals surface area contributed by atoms with Crippen LogP contribution in [0.25, 0.3) is 5.57 Å². The van der Waals surface area contributed by atoms with Crippen LogP contribution >= 0.6 is 54.5 Å². The second-order valence-electron chi connectivity index (χ2n) is 9.32. The molecule has 10 heteroatoms. The van der Waals surface area contributed by atoms with Crippen LogP contribution in [0.5, 0.6) is 0 Å². The fourth-order valence-electron chi connectivity index (χ4n) is 4.27. The summed E-state index contributed by atoms with van der Waals surface area (Å²) in [5.74, 6) is -0.468. The predicted molar refractivity (Wildman–Crippen MR) is 177 cm³/mol. The first-order valence-electron chi connectivity index (χ1n) is 13.3. The Morgan fingerprint density at radius 2 is 1.35 bits per heavy atom. The second kappa shape index (κ2) is 17.5. The lowest BCUT2D eigenvalue weighted by atomic mass is 9.79. The average Bonchev–Trinajstić information content (AvgIpc) is 3.55. The number of carbonyl (C=O) groups excluding carboxylic acids is 2. The molecule has 0 aromatic heterocycles. The molecule has 0 bridgehead atoms. The average molecular weight is 790 g/mol. The van der Waals surface area contributed by atoms with Crippen molar-refractivity contribution in [1.29, 1.82) is 0 Å². The van der Waals surface area contributed by atoms with Crippen LogP contribution < -0.4 is 0 Å². The Morgan fingerprint density at radius 1 is 0.825 bits per heavy atom. The van der Waals surface area contributed by atoms with Gasteiger partial charge in [0.15, 0.2) is 0 Å². The zero-order chi connectivity index (χ0) is 29.8. The molecule has 0 spiro atoms. The SMILES string of the molecule is CCOC(=O)c1cc(C2=C(Br)CCC2)ccc1C.CCOC(=O)c1cc(I)ccc1C.OB(O)C1=C(Br)CCC1. The minimum atomic E-state index is -1.25. The molecule has 0 heterocycles. The summed E-state index contributed by atoms with van der Waals surface area (Å²) in [5, 5.41) is 17.4. The highest BCUT2D eigenvalue weighted by molar-refractivity contribution is 14.1. The molecule has 0 amide bonds. The smallest absolute Gasteiger partial charge is 0.462 e. The first-order valence-corrected chi connectivity index (χ1v) is 16.0. The van der Waals surface area contributed by atoms with Crippen molar-refractivity contribution in [2.45, 2.75) is 66.2 Å². The van der Waals surface area contributed by atoms with E-state index in [1.807, 2.05) is 51.1 Å². The molecule has 0 atom stereocenters. The highest BCUT2D eigenvalue weighted by atomic mass is 127. The zero-order valence-electron chi connectivity index (χ0n) is 23.4. The monoisotopic (exact) mass is 788 g/mol. The molecular weight excluding hydrogens is 754 g/mol. The first kappa shape index (κ1) is 34.7. The molecule has 0 unspecified atom stereocenters. The van der Waals surface area contributed by atoms with E-state index in [-0.39, 0.29) is 11.9 Å². The van der Waals surface area contributed by atoms with Crippen LogP contribution in [0.4, 0.5) is 0 Å². The van der Waals surface area contributed by atoms with Crippen LogP contribution in [0.3, 0.4) is 0 Å². The van der Waals surface area contributed by atoms with Crippen LogP contribution in [0.15, 0.2) is 50.8 Å². The summed E-state index contributed by atoms with van der Waals surface area (Å²) in [6.07, 6.45) is 6.15. The maximum atomic E-state index is 11.9. The number of benzene rings is 2. The molecule has 6 nitrogen and oxygen atoms in total. The maximum Gasteiger partial charge on any atom is 0.484 e. The molecule has 0 saturated carbocycles. The summed E-state index contributed by atoms with van der Waals surface area (Å²) in [6.45, 7) is 8.31. The van der Waals surface area contributed by atoms with E-state index in [2.05, 4.69) is 60.5 Å². The van der Waals surface area contributed by atoms with E-state index in [1.54, 1.807) is 6.92 Å². The highest BCUT2D eigenvalue weighted by Gasteiger charge is 2.22. The fraction of sp³-hybridized carbons (Fsp3) is 0.400. The lowest BCUT2D eigenvalue weighted by molar-refractivity contribution is 0.0515. The summed E-state index contributed by atoms with van der Waals surface area (Å²) >= 11 is 9.06. The number of hydrogen-bond donors (Lipinski definition) is 2. The van der Waals surface area contributed by atoms with E-state index in [9.17, 15) is 9.59 Å². The van der Waals surface area contributed by atoms with E-state index in [0.717, 1.165) is 62.3 Å². The number of halogens is 3. The van der Waals surface area contributed by atoms with Crippen molar-refractivity contribution in [3.63, 3.8) is 0 Å². The van der Waals surface area contributed by atoms with Gasteiger partial charge in [0, 0.05) is 3.57 Å². The Bertz CT molecular complexity index is 1260. The number of aryl methyl sites for hydroxylation is 2. The minimum Gasteiger partial charge on any atom is -0.462 e. The van der Waals surface area contributed by atoms with Crippen LogP contribution in [0, 0.1) is 17.4 Å². The van der Waals surface area contributed by atoms with Crippen molar-refractivity contribution in [2.24, 2.45) is 0 Å². The number of allylic oxidation sites excluding steroid dienone is 4. The quantitative estimate of drug-likeness (QED) is 0.175. The molecule has 216 valence electrons. The molecule has 2 N–H and O–H groups in total. The Labute approximate surface area is 268 Å². The Balaban J connectivity index is 0.000000224. The van der Waals surface area contributed by atoms with Crippen molar-refractivity contribution < 1.29 is 29.1 Å². The minimum absolute atomic E-state index is 0.230. The van der Waals surface area contributed by atoms with Crippen molar-refractivity contribution in [2.75, 3.05) is 13.2 Å². The molecule has 0 fully saturated rings. The van der Waals surface area contributed by atoms with E-state index in [4.69, 9.17) is 19.5 Å². The summed E-state index contributed by atoms with van der Waals surface area (Å²) in [6, 6.07) is 11.8. The highest BCUT2D eigenvalue weighted by Crippen LogP contribution is 2.37. The van der Waals surface area contributed by atoms with Gasteiger partial charge in [-0.3, -0.25) is 0 Å². The summed E-state index contributed by atoms with van der Waals surface area (Å²) < 4.78 is 13.3. The fourth-order valence-corrected chi connectivity index (χ4v) is 6.15. The molecule has 0 aliphatic heterocycles. The second-order valence-corrected chi connectivity index (χ2v) is 12.5. The van der Waals surface area contributed by atoms with Gasteiger partial charge < -0.3 is 19.5 Å². The van der Waals surface area contributed by atoms with Crippen molar-refractivity contribution in [3.8, 4) is 0 Å². The van der Waals surface area contributed by atoms with E-state index >= 15 is 0 Å². The molecule has 2 aromatic rings. The lowest BCUT2D eigenvalue weighted by Crippen LogP contribution is -2.14. The standard InChI is InChI=1S/C15H17BrO2.C10H11IO2.C5H8BBrO2/c1-3-18-15(17)13-9-11(8-7-10(13)2)12-5-4-6-14(12)16;1-3-13-10(12)9-6-8(11)5-4-7(9)2;7-5-3-1-2-4(5)6(8)9/h7-9H,3-6H2,1-2H3;4-6H,3H2,1-2H3;8-9H,1-3H2. The van der Waals surface area contributed by atoms with Gasteiger partial charge in [0.05, 0.1) is 24.3 Å². The lowest BCUT2D eigenvalue weighted by Gasteiger charge is -2.09. The van der Waals surface area contributed by atoms with Gasteiger partial charge in [0.1, 0.15) is 0 Å². The third-order valence-electron chi connectivity index (χ3n) is 6.43. The molecule has 2 aliphatic rings. The molecule has 40 heavy (non-hydrogen) atoms. The van der Waals surface area contributed by atoms with Gasteiger partial charge in [-0.05, 0) is 144 Å². The van der Waals surface area contributed by atoms with Crippen molar-refractivity contribution in [3.05, 3.63) is 82.2 Å². The Morgan fingerprint density at radius 3 is 1.80 bits per heavy atom. The summed E-state index contributed by atoms with van der Waals surface area (Å²) in [4.78, 5) is 23.3. The molecule has 2 aromatic carbocycles. The van der Waals surface area contributed by atoms with Crippen LogP contribution in [0.1, 0.15) is 89.8 Å². The third kappa shape index (κ3) is 10.4. The molecule has 0 saturated heterocycles. The van der Waals surface area contributed by atoms with Crippen LogP contribution in [-0.4, -0.2) is 42.3 Å². The van der Waals surface area contributed by atoms with Crippen molar-refractivity contribution >= 4 is 79.1 Å². The normalized spacial score (nSPS) is 14.2.